The second-order valence-electron chi connectivity index (χ2n) is 10.4. The fourth-order valence-electron chi connectivity index (χ4n) is 3.47. The minimum Gasteiger partial charge on any atom is -0.390 e. The Kier molecular flexibility index (Phi) is 16.4. The van der Waals surface area contributed by atoms with E-state index in [9.17, 15) is 10.2 Å². The molecule has 2 heteroatoms. The zero-order chi connectivity index (χ0) is 24.6. The van der Waals surface area contributed by atoms with Gasteiger partial charge in [0.25, 0.3) is 0 Å². The molecule has 0 heterocycles. The smallest absolute Gasteiger partial charge is 0.0849 e. The molecule has 0 aliphatic heterocycles. The molecule has 0 bridgehead atoms. The van der Waals surface area contributed by atoms with E-state index in [1.54, 1.807) is 13.8 Å². The number of aliphatic hydroxyl groups is 2. The quantitative estimate of drug-likeness (QED) is 0.184. The molecule has 0 saturated heterocycles. The van der Waals surface area contributed by atoms with Crippen LogP contribution in [0.15, 0.2) is 58.2 Å². The molecule has 0 aliphatic rings. The van der Waals surface area contributed by atoms with Gasteiger partial charge in [0.05, 0.1) is 11.7 Å². The molecule has 32 heavy (non-hydrogen) atoms. The first-order valence-corrected chi connectivity index (χ1v) is 12.6. The SMILES string of the molecule is CC(C)=CCC/C(C)=C/CC/C(C)=C/CC/C=C(\C)CC/C=C(\C)CCC(O)C(C)(C)O. The number of allylic oxidation sites excluding steroid dienone is 10. The maximum atomic E-state index is 9.93. The van der Waals surface area contributed by atoms with Gasteiger partial charge in [-0.2, -0.15) is 0 Å². The first-order chi connectivity index (χ1) is 14.9. The molecule has 0 spiro atoms. The van der Waals surface area contributed by atoms with Gasteiger partial charge >= 0.3 is 0 Å². The summed E-state index contributed by atoms with van der Waals surface area (Å²) in [5.41, 5.74) is 6.13. The van der Waals surface area contributed by atoms with Gasteiger partial charge in [0.1, 0.15) is 0 Å². The van der Waals surface area contributed by atoms with Crippen LogP contribution >= 0.6 is 0 Å². The van der Waals surface area contributed by atoms with Crippen LogP contribution in [0.5, 0.6) is 0 Å². The predicted molar refractivity (Wildman–Crippen MR) is 143 cm³/mol. The summed E-state index contributed by atoms with van der Waals surface area (Å²) < 4.78 is 0. The van der Waals surface area contributed by atoms with Gasteiger partial charge in [-0.3, -0.25) is 0 Å². The molecule has 0 saturated carbocycles. The molecule has 0 amide bonds. The molecule has 0 radical (unpaired) electrons. The summed E-state index contributed by atoms with van der Waals surface area (Å²) in [6.45, 7) is 16.5. The first kappa shape index (κ1) is 30.6. The molecule has 2 N–H and O–H groups in total. The third-order valence-corrected chi connectivity index (χ3v) is 5.93. The maximum Gasteiger partial charge on any atom is 0.0849 e. The minimum absolute atomic E-state index is 0.609. The highest BCUT2D eigenvalue weighted by atomic mass is 16.3. The lowest BCUT2D eigenvalue weighted by atomic mass is 9.95. The maximum absolute atomic E-state index is 9.93. The van der Waals surface area contributed by atoms with E-state index in [-0.39, 0.29) is 0 Å². The second-order valence-corrected chi connectivity index (χ2v) is 10.4. The van der Waals surface area contributed by atoms with Crippen LogP contribution in [0.4, 0.5) is 0 Å². The zero-order valence-corrected chi connectivity index (χ0v) is 22.4. The molecule has 184 valence electrons. The van der Waals surface area contributed by atoms with Gasteiger partial charge in [0.2, 0.25) is 0 Å². The van der Waals surface area contributed by atoms with Crippen molar-refractivity contribution in [3.8, 4) is 0 Å². The Morgan fingerprint density at radius 3 is 1.31 bits per heavy atom. The highest BCUT2D eigenvalue weighted by Gasteiger charge is 2.23. The molecule has 0 rings (SSSR count). The van der Waals surface area contributed by atoms with Crippen LogP contribution in [-0.4, -0.2) is 21.9 Å². The average Bonchev–Trinajstić information content (AvgIpc) is 2.68. The lowest BCUT2D eigenvalue weighted by Gasteiger charge is -2.24. The normalized spacial score (nSPS) is 15.2. The fourth-order valence-corrected chi connectivity index (χ4v) is 3.47. The molecule has 0 fully saturated rings. The highest BCUT2D eigenvalue weighted by Crippen LogP contribution is 2.18. The lowest BCUT2D eigenvalue weighted by Crippen LogP contribution is -2.35. The van der Waals surface area contributed by atoms with E-state index in [1.807, 2.05) is 0 Å². The van der Waals surface area contributed by atoms with Gasteiger partial charge in [-0.15, -0.1) is 0 Å². The van der Waals surface area contributed by atoms with E-state index >= 15 is 0 Å². The van der Waals surface area contributed by atoms with Crippen molar-refractivity contribution >= 4 is 0 Å². The third kappa shape index (κ3) is 18.2. The standard InChI is InChI=1S/C30H52O2/c1-24(2)14-11-17-27(5)20-12-18-25(3)15-9-10-16-26(4)19-13-21-28(6)22-23-29(31)30(7,8)32/h14-16,20-21,29,31-32H,9-13,17-19,22-23H2,1-8H3/b25-15+,26-16+,27-20+,28-21+. The van der Waals surface area contributed by atoms with Gasteiger partial charge in [0.15, 0.2) is 0 Å². The van der Waals surface area contributed by atoms with E-state index < -0.39 is 11.7 Å². The topological polar surface area (TPSA) is 40.5 Å². The molecule has 0 aromatic heterocycles. The van der Waals surface area contributed by atoms with Crippen molar-refractivity contribution in [1.29, 1.82) is 0 Å². The minimum atomic E-state index is -1.02. The van der Waals surface area contributed by atoms with Crippen LogP contribution in [0.25, 0.3) is 0 Å². The van der Waals surface area contributed by atoms with E-state index in [2.05, 4.69) is 71.9 Å². The van der Waals surface area contributed by atoms with Crippen LogP contribution in [0.3, 0.4) is 0 Å². The molecule has 1 atom stereocenters. The summed E-state index contributed by atoms with van der Waals surface area (Å²) in [4.78, 5) is 0. The number of unbranched alkanes of at least 4 members (excludes halogenated alkanes) is 1. The van der Waals surface area contributed by atoms with E-state index in [0.717, 1.165) is 51.4 Å². The van der Waals surface area contributed by atoms with Crippen LogP contribution in [0.2, 0.25) is 0 Å². The predicted octanol–water partition coefficient (Wildman–Crippen LogP) is 8.77. The Hall–Kier alpha value is -1.38. The third-order valence-electron chi connectivity index (χ3n) is 5.93. The van der Waals surface area contributed by atoms with E-state index in [0.29, 0.717) is 6.42 Å². The number of aliphatic hydroxyl groups excluding tert-OH is 1. The summed E-state index contributed by atoms with van der Waals surface area (Å²) in [5.74, 6) is 0. The van der Waals surface area contributed by atoms with E-state index in [1.165, 1.54) is 34.3 Å². The first-order valence-electron chi connectivity index (χ1n) is 12.6. The van der Waals surface area contributed by atoms with Gasteiger partial charge in [-0.25, -0.2) is 0 Å². The van der Waals surface area contributed by atoms with Crippen LogP contribution in [0.1, 0.15) is 120 Å². The van der Waals surface area contributed by atoms with Crippen molar-refractivity contribution in [2.24, 2.45) is 0 Å². The molecule has 0 aliphatic carbocycles. The van der Waals surface area contributed by atoms with Crippen molar-refractivity contribution in [2.75, 3.05) is 0 Å². The van der Waals surface area contributed by atoms with Crippen molar-refractivity contribution in [3.05, 3.63) is 58.2 Å². The molecule has 0 aromatic rings. The summed E-state index contributed by atoms with van der Waals surface area (Å²) in [6, 6.07) is 0. The average molecular weight is 445 g/mol. The monoisotopic (exact) mass is 444 g/mol. The number of rotatable bonds is 16. The fraction of sp³-hybridized carbons (Fsp3) is 0.667. The van der Waals surface area contributed by atoms with Gasteiger partial charge < -0.3 is 10.2 Å². The molecule has 2 nitrogen and oxygen atoms in total. The second kappa shape index (κ2) is 17.1. The molecular formula is C30H52O2. The molecule has 1 unspecified atom stereocenters. The summed E-state index contributed by atoms with van der Waals surface area (Å²) >= 11 is 0. The van der Waals surface area contributed by atoms with Crippen LogP contribution < -0.4 is 0 Å². The Morgan fingerprint density at radius 2 is 0.938 bits per heavy atom. The molecular weight excluding hydrogens is 392 g/mol. The van der Waals surface area contributed by atoms with E-state index in [4.69, 9.17) is 0 Å². The van der Waals surface area contributed by atoms with Gasteiger partial charge in [-0.1, -0.05) is 58.2 Å². The number of hydrogen-bond acceptors (Lipinski definition) is 2. The Labute approximate surface area is 199 Å². The van der Waals surface area contributed by atoms with Crippen LogP contribution in [0, 0.1) is 0 Å². The number of hydrogen-bond donors (Lipinski definition) is 2. The lowest BCUT2D eigenvalue weighted by molar-refractivity contribution is -0.0509. The highest BCUT2D eigenvalue weighted by molar-refractivity contribution is 5.07. The Balaban J connectivity index is 4.11. The summed E-state index contributed by atoms with van der Waals surface area (Å²) in [7, 11) is 0. The van der Waals surface area contributed by atoms with Crippen molar-refractivity contribution in [1.82, 2.24) is 0 Å². The van der Waals surface area contributed by atoms with Crippen LogP contribution in [-0.2, 0) is 0 Å². The van der Waals surface area contributed by atoms with Crippen molar-refractivity contribution in [2.45, 2.75) is 131 Å². The largest absolute Gasteiger partial charge is 0.390 e. The Morgan fingerprint density at radius 1 is 0.594 bits per heavy atom. The van der Waals surface area contributed by atoms with Crippen molar-refractivity contribution < 1.29 is 10.2 Å². The van der Waals surface area contributed by atoms with Crippen molar-refractivity contribution in [3.63, 3.8) is 0 Å². The summed E-state index contributed by atoms with van der Waals surface area (Å²) in [5, 5.41) is 19.7. The molecule has 0 aromatic carbocycles. The zero-order valence-electron chi connectivity index (χ0n) is 22.4. The Bertz CT molecular complexity index is 661. The summed E-state index contributed by atoms with van der Waals surface area (Å²) in [6.07, 6.45) is 21.5. The van der Waals surface area contributed by atoms with Gasteiger partial charge in [-0.05, 0) is 120 Å². The van der Waals surface area contributed by atoms with Gasteiger partial charge in [0, 0.05) is 0 Å².